The lowest BCUT2D eigenvalue weighted by Gasteiger charge is -2.36. The summed E-state index contributed by atoms with van der Waals surface area (Å²) >= 11 is 0. The van der Waals surface area contributed by atoms with E-state index in [2.05, 4.69) is 30.1 Å². The first-order valence-electron chi connectivity index (χ1n) is 6.74. The molecule has 2 unspecified atom stereocenters. The van der Waals surface area contributed by atoms with E-state index in [1.807, 2.05) is 13.8 Å². The van der Waals surface area contributed by atoms with Gasteiger partial charge in [0.25, 0.3) is 0 Å². The van der Waals surface area contributed by atoms with Gasteiger partial charge in [0.2, 0.25) is 0 Å². The number of nitrogens with one attached hydrogen (secondary N) is 1. The zero-order valence-corrected chi connectivity index (χ0v) is 11.6. The van der Waals surface area contributed by atoms with Crippen LogP contribution in [0.1, 0.15) is 34.1 Å². The maximum atomic E-state index is 9.08. The molecule has 3 nitrogen and oxygen atoms in total. The summed E-state index contributed by atoms with van der Waals surface area (Å²) in [5.74, 6) is 1.60. The summed E-state index contributed by atoms with van der Waals surface area (Å²) in [5, 5.41) is 12.6. The van der Waals surface area contributed by atoms with Crippen LogP contribution in [0.15, 0.2) is 0 Å². The van der Waals surface area contributed by atoms with Crippen LogP contribution in [0.4, 0.5) is 0 Å². The van der Waals surface area contributed by atoms with E-state index in [9.17, 15) is 0 Å². The molecule has 2 aliphatic rings. The molecule has 1 N–H and O–H groups in total. The van der Waals surface area contributed by atoms with Gasteiger partial charge in [-0.05, 0) is 52.5 Å². The molecule has 0 amide bonds. The number of fused-ring (bicyclic) bond motifs is 1. The normalized spacial score (nSPS) is 32.4. The topological polar surface area (TPSA) is 39.1 Å². The van der Waals surface area contributed by atoms with Crippen LogP contribution in [0, 0.1) is 28.6 Å². The van der Waals surface area contributed by atoms with E-state index in [0.29, 0.717) is 5.54 Å². The third-order valence-electron chi connectivity index (χ3n) is 4.83. The minimum absolute atomic E-state index is 0.188. The molecule has 0 bridgehead atoms. The van der Waals surface area contributed by atoms with E-state index < -0.39 is 0 Å². The molecule has 17 heavy (non-hydrogen) atoms. The maximum absolute atomic E-state index is 9.08. The molecule has 2 aliphatic heterocycles. The minimum atomic E-state index is -0.188. The standard InChI is InChI=1S/C14H25N3/c1-13(2,10-15)5-6-17-9-11-7-16-8-12(11)14(17,3)4/h11-12,16H,5-9H2,1-4H3. The van der Waals surface area contributed by atoms with Gasteiger partial charge in [-0.3, -0.25) is 4.90 Å². The minimum Gasteiger partial charge on any atom is -0.316 e. The van der Waals surface area contributed by atoms with Crippen LogP contribution in [-0.2, 0) is 0 Å². The SMILES string of the molecule is CC(C)(C#N)CCN1CC2CNCC2C1(C)C. The first kappa shape index (κ1) is 12.9. The van der Waals surface area contributed by atoms with Gasteiger partial charge in [0.05, 0.1) is 11.5 Å². The summed E-state index contributed by atoms with van der Waals surface area (Å²) in [4.78, 5) is 2.60. The molecule has 96 valence electrons. The van der Waals surface area contributed by atoms with Gasteiger partial charge in [-0.2, -0.15) is 5.26 Å². The molecule has 2 rings (SSSR count). The Morgan fingerprint density at radius 3 is 2.71 bits per heavy atom. The lowest BCUT2D eigenvalue weighted by Crippen LogP contribution is -2.45. The van der Waals surface area contributed by atoms with E-state index >= 15 is 0 Å². The van der Waals surface area contributed by atoms with Crippen molar-refractivity contribution in [2.75, 3.05) is 26.2 Å². The first-order chi connectivity index (χ1) is 7.87. The molecule has 2 fully saturated rings. The van der Waals surface area contributed by atoms with Gasteiger partial charge in [-0.1, -0.05) is 0 Å². The van der Waals surface area contributed by atoms with Gasteiger partial charge >= 0.3 is 0 Å². The van der Waals surface area contributed by atoms with Crippen LogP contribution in [0.25, 0.3) is 0 Å². The van der Waals surface area contributed by atoms with E-state index in [1.54, 1.807) is 0 Å². The third-order valence-corrected chi connectivity index (χ3v) is 4.83. The van der Waals surface area contributed by atoms with Crippen LogP contribution in [0.2, 0.25) is 0 Å². The first-order valence-corrected chi connectivity index (χ1v) is 6.74. The van der Waals surface area contributed by atoms with E-state index in [-0.39, 0.29) is 5.41 Å². The zero-order chi connectivity index (χ0) is 12.7. The highest BCUT2D eigenvalue weighted by molar-refractivity contribution is 5.05. The Morgan fingerprint density at radius 1 is 1.41 bits per heavy atom. The number of nitrogens with zero attached hydrogens (tertiary/aromatic N) is 2. The predicted molar refractivity (Wildman–Crippen MR) is 69.5 cm³/mol. The second kappa shape index (κ2) is 4.26. The lowest BCUT2D eigenvalue weighted by molar-refractivity contribution is 0.127. The average molecular weight is 235 g/mol. The molecular formula is C14H25N3. The van der Waals surface area contributed by atoms with Crippen LogP contribution >= 0.6 is 0 Å². The third kappa shape index (κ3) is 2.34. The Morgan fingerprint density at radius 2 is 2.12 bits per heavy atom. The highest BCUT2D eigenvalue weighted by Gasteiger charge is 2.49. The smallest absolute Gasteiger partial charge is 0.0684 e. The van der Waals surface area contributed by atoms with Gasteiger partial charge in [0, 0.05) is 25.2 Å². The van der Waals surface area contributed by atoms with E-state index in [4.69, 9.17) is 5.26 Å². The fraction of sp³-hybridized carbons (Fsp3) is 0.929. The summed E-state index contributed by atoms with van der Waals surface area (Å²) in [5.41, 5.74) is 0.103. The summed E-state index contributed by atoms with van der Waals surface area (Å²) in [7, 11) is 0. The van der Waals surface area contributed by atoms with Crippen LogP contribution < -0.4 is 5.32 Å². The van der Waals surface area contributed by atoms with Gasteiger partial charge < -0.3 is 5.32 Å². The highest BCUT2D eigenvalue weighted by Crippen LogP contribution is 2.41. The highest BCUT2D eigenvalue weighted by atomic mass is 15.2. The zero-order valence-electron chi connectivity index (χ0n) is 11.6. The fourth-order valence-corrected chi connectivity index (χ4v) is 3.35. The van der Waals surface area contributed by atoms with Crippen molar-refractivity contribution in [3.05, 3.63) is 0 Å². The van der Waals surface area contributed by atoms with Gasteiger partial charge in [-0.15, -0.1) is 0 Å². The Balaban J connectivity index is 1.97. The number of likely N-dealkylation sites (tertiary alicyclic amines) is 1. The summed E-state index contributed by atoms with van der Waals surface area (Å²) in [6, 6.07) is 2.40. The van der Waals surface area contributed by atoms with Crippen molar-refractivity contribution in [1.82, 2.24) is 10.2 Å². The molecule has 0 aromatic rings. The fourth-order valence-electron chi connectivity index (χ4n) is 3.35. The van der Waals surface area contributed by atoms with Crippen molar-refractivity contribution in [2.24, 2.45) is 17.3 Å². The second-order valence-corrected chi connectivity index (χ2v) is 6.87. The Bertz CT molecular complexity index is 327. The predicted octanol–water partition coefficient (Wildman–Crippen LogP) is 1.86. The maximum Gasteiger partial charge on any atom is 0.0684 e. The summed E-state index contributed by atoms with van der Waals surface area (Å²) in [6.45, 7) is 13.4. The van der Waals surface area contributed by atoms with Crippen molar-refractivity contribution in [3.8, 4) is 6.07 Å². The summed E-state index contributed by atoms with van der Waals surface area (Å²) < 4.78 is 0. The Labute approximate surface area is 105 Å². The summed E-state index contributed by atoms with van der Waals surface area (Å²) in [6.07, 6.45) is 0.972. The molecule has 0 spiro atoms. The average Bonchev–Trinajstić information content (AvgIpc) is 2.79. The second-order valence-electron chi connectivity index (χ2n) is 6.87. The number of hydrogen-bond acceptors (Lipinski definition) is 3. The molecule has 0 aromatic carbocycles. The lowest BCUT2D eigenvalue weighted by atomic mass is 9.84. The molecule has 2 atom stereocenters. The largest absolute Gasteiger partial charge is 0.316 e. The quantitative estimate of drug-likeness (QED) is 0.811. The molecule has 2 heterocycles. The van der Waals surface area contributed by atoms with Crippen molar-refractivity contribution in [3.63, 3.8) is 0 Å². The van der Waals surface area contributed by atoms with Gasteiger partial charge in [0.1, 0.15) is 0 Å². The number of rotatable bonds is 3. The molecule has 0 saturated carbocycles. The number of nitriles is 1. The Hall–Kier alpha value is -0.590. The van der Waals surface area contributed by atoms with Crippen LogP contribution in [-0.4, -0.2) is 36.6 Å². The van der Waals surface area contributed by atoms with Crippen molar-refractivity contribution < 1.29 is 0 Å². The van der Waals surface area contributed by atoms with Gasteiger partial charge in [0.15, 0.2) is 0 Å². The molecule has 0 aliphatic carbocycles. The van der Waals surface area contributed by atoms with Crippen molar-refractivity contribution in [2.45, 2.75) is 39.7 Å². The van der Waals surface area contributed by atoms with Gasteiger partial charge in [-0.25, -0.2) is 0 Å². The van der Waals surface area contributed by atoms with E-state index in [0.717, 1.165) is 31.3 Å². The van der Waals surface area contributed by atoms with E-state index in [1.165, 1.54) is 13.1 Å². The molecule has 0 aromatic heterocycles. The number of hydrogen-bond donors (Lipinski definition) is 1. The molecule has 0 radical (unpaired) electrons. The van der Waals surface area contributed by atoms with Crippen molar-refractivity contribution >= 4 is 0 Å². The van der Waals surface area contributed by atoms with Crippen LogP contribution in [0.5, 0.6) is 0 Å². The molecule has 2 saturated heterocycles. The molecular weight excluding hydrogens is 210 g/mol. The monoisotopic (exact) mass is 235 g/mol. The van der Waals surface area contributed by atoms with Crippen LogP contribution in [0.3, 0.4) is 0 Å². The van der Waals surface area contributed by atoms with Crippen molar-refractivity contribution in [1.29, 1.82) is 5.26 Å². The molecule has 3 heteroatoms. The Kier molecular flexibility index (Phi) is 3.22.